The largest absolute Gasteiger partial charge is 0.495 e. The van der Waals surface area contributed by atoms with Crippen molar-refractivity contribution in [2.75, 3.05) is 18.5 Å². The Balaban J connectivity index is 2.47. The molecular formula is C15H16ClNO3S. The van der Waals surface area contributed by atoms with Crippen LogP contribution in [-0.4, -0.2) is 22.6 Å². The van der Waals surface area contributed by atoms with E-state index in [4.69, 9.17) is 16.3 Å². The van der Waals surface area contributed by atoms with Gasteiger partial charge >= 0.3 is 0 Å². The van der Waals surface area contributed by atoms with E-state index in [0.717, 1.165) is 5.56 Å². The Hall–Kier alpha value is -1.72. The van der Waals surface area contributed by atoms with E-state index in [0.29, 0.717) is 11.4 Å². The number of halogens is 1. The van der Waals surface area contributed by atoms with Crippen LogP contribution in [0.25, 0.3) is 0 Å². The number of rotatable bonds is 5. The van der Waals surface area contributed by atoms with Gasteiger partial charge in [-0.05, 0) is 29.8 Å². The summed E-state index contributed by atoms with van der Waals surface area (Å²) in [5.41, 5.74) is 1.24. The number of methoxy groups -OCH3 is 1. The zero-order valence-electron chi connectivity index (χ0n) is 11.8. The predicted molar refractivity (Wildman–Crippen MR) is 84.6 cm³/mol. The van der Waals surface area contributed by atoms with Gasteiger partial charge in [-0.2, -0.15) is 0 Å². The Labute approximate surface area is 130 Å². The summed E-state index contributed by atoms with van der Waals surface area (Å²) in [5.74, 6) is 0.763. The first kappa shape index (κ1) is 15.7. The van der Waals surface area contributed by atoms with Crippen LogP contribution in [0, 0.1) is 0 Å². The summed E-state index contributed by atoms with van der Waals surface area (Å²) >= 11 is 5.76. The summed E-state index contributed by atoms with van der Waals surface area (Å²) in [7, 11) is -0.655. The van der Waals surface area contributed by atoms with Gasteiger partial charge in [-0.25, -0.2) is 8.42 Å². The monoisotopic (exact) mass is 325 g/mol. The fraction of sp³-hybridized carbons (Fsp3) is 0.200. The van der Waals surface area contributed by atoms with Crippen LogP contribution in [0.2, 0.25) is 0 Å². The molecule has 0 radical (unpaired) electrons. The average molecular weight is 326 g/mol. The number of sulfonamides is 1. The lowest BCUT2D eigenvalue weighted by Gasteiger charge is -2.21. The van der Waals surface area contributed by atoms with E-state index in [-0.39, 0.29) is 10.8 Å². The molecule has 4 nitrogen and oxygen atoms in total. The molecule has 0 amide bonds. The average Bonchev–Trinajstić information content (AvgIpc) is 2.54. The summed E-state index contributed by atoms with van der Waals surface area (Å²) in [4.78, 5) is 0.203. The van der Waals surface area contributed by atoms with Gasteiger partial charge in [-0.15, -0.1) is 11.6 Å². The van der Waals surface area contributed by atoms with Crippen LogP contribution >= 0.6 is 11.6 Å². The van der Waals surface area contributed by atoms with Crippen molar-refractivity contribution in [3.63, 3.8) is 0 Å². The molecule has 0 spiro atoms. The molecule has 0 saturated carbocycles. The molecule has 0 aliphatic heterocycles. The quantitative estimate of drug-likeness (QED) is 0.793. The maximum atomic E-state index is 12.7. The third-order valence-electron chi connectivity index (χ3n) is 3.14. The van der Waals surface area contributed by atoms with Gasteiger partial charge in [0, 0.05) is 12.9 Å². The summed E-state index contributed by atoms with van der Waals surface area (Å²) in [6.07, 6.45) is 0. The van der Waals surface area contributed by atoms with Gasteiger partial charge in [-0.1, -0.05) is 24.3 Å². The second kappa shape index (κ2) is 6.37. The third kappa shape index (κ3) is 3.14. The number of nitrogens with zero attached hydrogens (tertiary/aromatic N) is 1. The van der Waals surface area contributed by atoms with Crippen molar-refractivity contribution in [3.05, 3.63) is 54.1 Å². The highest BCUT2D eigenvalue weighted by Crippen LogP contribution is 2.31. The lowest BCUT2D eigenvalue weighted by Crippen LogP contribution is -2.27. The molecular weight excluding hydrogens is 310 g/mol. The normalized spacial score (nSPS) is 11.2. The zero-order valence-corrected chi connectivity index (χ0v) is 13.4. The number of ether oxygens (including phenoxy) is 1. The Morgan fingerprint density at radius 1 is 1.14 bits per heavy atom. The van der Waals surface area contributed by atoms with Crippen LogP contribution < -0.4 is 9.04 Å². The van der Waals surface area contributed by atoms with Gasteiger partial charge in [0.1, 0.15) is 5.75 Å². The molecule has 0 heterocycles. The van der Waals surface area contributed by atoms with E-state index >= 15 is 0 Å². The van der Waals surface area contributed by atoms with E-state index in [1.807, 2.05) is 0 Å². The van der Waals surface area contributed by atoms with E-state index in [9.17, 15) is 8.42 Å². The molecule has 0 saturated heterocycles. The Kier molecular flexibility index (Phi) is 4.75. The SMILES string of the molecule is COc1ccccc1N(C)S(=O)(=O)c1cccc(CCl)c1. The third-order valence-corrected chi connectivity index (χ3v) is 5.21. The lowest BCUT2D eigenvalue weighted by molar-refractivity contribution is 0.416. The number of anilines is 1. The van der Waals surface area contributed by atoms with E-state index in [1.54, 1.807) is 48.5 Å². The van der Waals surface area contributed by atoms with Crippen molar-refractivity contribution in [2.45, 2.75) is 10.8 Å². The maximum absolute atomic E-state index is 12.7. The molecule has 0 aliphatic rings. The van der Waals surface area contributed by atoms with Crippen LogP contribution in [0.15, 0.2) is 53.4 Å². The molecule has 0 aromatic heterocycles. The van der Waals surface area contributed by atoms with Gasteiger partial charge in [-0.3, -0.25) is 4.31 Å². The fourth-order valence-electron chi connectivity index (χ4n) is 1.97. The highest BCUT2D eigenvalue weighted by molar-refractivity contribution is 7.92. The van der Waals surface area contributed by atoms with E-state index in [1.165, 1.54) is 18.5 Å². The van der Waals surface area contributed by atoms with Crippen molar-refractivity contribution < 1.29 is 13.2 Å². The molecule has 6 heteroatoms. The summed E-state index contributed by atoms with van der Waals surface area (Å²) in [6, 6.07) is 13.6. The number of hydrogen-bond donors (Lipinski definition) is 0. The van der Waals surface area contributed by atoms with Crippen LogP contribution in [0.4, 0.5) is 5.69 Å². The van der Waals surface area contributed by atoms with Crippen molar-refractivity contribution >= 4 is 27.3 Å². The molecule has 0 fully saturated rings. The number of hydrogen-bond acceptors (Lipinski definition) is 3. The number of benzene rings is 2. The standard InChI is InChI=1S/C15H16ClNO3S/c1-17(14-8-3-4-9-15(14)20-2)21(18,19)13-7-5-6-12(10-13)11-16/h3-10H,11H2,1-2H3. The van der Waals surface area contributed by atoms with Gasteiger partial charge in [0.25, 0.3) is 10.0 Å². The first-order chi connectivity index (χ1) is 10.0. The number of alkyl halides is 1. The maximum Gasteiger partial charge on any atom is 0.264 e. The predicted octanol–water partition coefficient (Wildman–Crippen LogP) is 3.26. The van der Waals surface area contributed by atoms with Gasteiger partial charge in [0.2, 0.25) is 0 Å². The Bertz CT molecular complexity index is 731. The minimum Gasteiger partial charge on any atom is -0.495 e. The molecule has 2 aromatic rings. The highest BCUT2D eigenvalue weighted by Gasteiger charge is 2.23. The van der Waals surface area contributed by atoms with Crippen LogP contribution in [0.5, 0.6) is 5.75 Å². The van der Waals surface area contributed by atoms with Crippen molar-refractivity contribution in [1.29, 1.82) is 0 Å². The van der Waals surface area contributed by atoms with Gasteiger partial charge in [0.15, 0.2) is 0 Å². The van der Waals surface area contributed by atoms with Crippen LogP contribution in [0.3, 0.4) is 0 Å². The first-order valence-corrected chi connectivity index (χ1v) is 8.25. The van der Waals surface area contributed by atoms with Crippen LogP contribution in [0.1, 0.15) is 5.56 Å². The molecule has 21 heavy (non-hydrogen) atoms. The zero-order chi connectivity index (χ0) is 15.5. The van der Waals surface area contributed by atoms with Gasteiger partial charge < -0.3 is 4.74 Å². The summed E-state index contributed by atoms with van der Waals surface area (Å²) < 4.78 is 31.8. The van der Waals surface area contributed by atoms with Crippen molar-refractivity contribution in [1.82, 2.24) is 0 Å². The second-order valence-electron chi connectivity index (χ2n) is 4.43. The summed E-state index contributed by atoms with van der Waals surface area (Å²) in [5, 5.41) is 0. The first-order valence-electron chi connectivity index (χ1n) is 6.27. The highest BCUT2D eigenvalue weighted by atomic mass is 35.5. The van der Waals surface area contributed by atoms with Crippen molar-refractivity contribution in [3.8, 4) is 5.75 Å². The van der Waals surface area contributed by atoms with E-state index < -0.39 is 10.0 Å². The van der Waals surface area contributed by atoms with Crippen LogP contribution in [-0.2, 0) is 15.9 Å². The molecule has 112 valence electrons. The van der Waals surface area contributed by atoms with E-state index in [2.05, 4.69) is 0 Å². The molecule has 0 N–H and O–H groups in total. The van der Waals surface area contributed by atoms with Crippen molar-refractivity contribution in [2.24, 2.45) is 0 Å². The minimum absolute atomic E-state index is 0.203. The topological polar surface area (TPSA) is 46.6 Å². The smallest absolute Gasteiger partial charge is 0.264 e. The molecule has 2 aromatic carbocycles. The molecule has 0 bridgehead atoms. The van der Waals surface area contributed by atoms with Gasteiger partial charge in [0.05, 0.1) is 17.7 Å². The molecule has 2 rings (SSSR count). The molecule has 0 aliphatic carbocycles. The second-order valence-corrected chi connectivity index (χ2v) is 6.66. The molecule has 0 atom stereocenters. The Morgan fingerprint density at radius 2 is 1.86 bits per heavy atom. The molecule has 0 unspecified atom stereocenters. The Morgan fingerprint density at radius 3 is 2.52 bits per heavy atom. The lowest BCUT2D eigenvalue weighted by atomic mass is 10.2. The fourth-order valence-corrected chi connectivity index (χ4v) is 3.41. The number of para-hydroxylation sites is 2. The summed E-state index contributed by atoms with van der Waals surface area (Å²) in [6.45, 7) is 0. The minimum atomic E-state index is -3.66.